The van der Waals surface area contributed by atoms with E-state index in [2.05, 4.69) is 20.5 Å². The first-order chi connectivity index (χ1) is 7.79. The molecular weight excluding hydrogens is 224 g/mol. The molecule has 2 N–H and O–H groups in total. The van der Waals surface area contributed by atoms with Gasteiger partial charge in [0.2, 0.25) is 0 Å². The number of H-pyrrole nitrogens is 1. The summed E-state index contributed by atoms with van der Waals surface area (Å²) in [4.78, 5) is 4.15. The topological polar surface area (TPSA) is 53.6 Å². The number of benzene rings is 1. The van der Waals surface area contributed by atoms with E-state index in [1.165, 1.54) is 11.9 Å². The molecule has 84 valence electrons. The van der Waals surface area contributed by atoms with Crippen LogP contribution >= 0.6 is 11.6 Å². The Kier molecular flexibility index (Phi) is 3.54. The average Bonchev–Trinajstić information content (AvgIpc) is 2.82. The summed E-state index contributed by atoms with van der Waals surface area (Å²) in [6.45, 7) is 0. The minimum Gasteiger partial charge on any atom is -0.310 e. The van der Waals surface area contributed by atoms with Crippen molar-refractivity contribution in [2.24, 2.45) is 0 Å². The van der Waals surface area contributed by atoms with E-state index in [1.807, 2.05) is 31.3 Å². The molecule has 0 amide bonds. The molecule has 0 radical (unpaired) electrons. The predicted octanol–water partition coefficient (Wildman–Crippen LogP) is 1.96. The summed E-state index contributed by atoms with van der Waals surface area (Å²) >= 11 is 5.84. The second-order valence-electron chi connectivity index (χ2n) is 3.54. The minimum absolute atomic E-state index is 0.142. The normalized spacial score (nSPS) is 12.6. The number of nitrogens with zero attached hydrogens (tertiary/aromatic N) is 2. The van der Waals surface area contributed by atoms with Crippen molar-refractivity contribution < 1.29 is 0 Å². The standard InChI is InChI=1S/C11H13ClN4/c1-13-10(11-14-7-15-16-11)6-8-2-4-9(12)5-3-8/h2-5,7,10,13H,6H2,1H3,(H,14,15,16). The molecular formula is C11H13ClN4. The number of aromatic amines is 1. The van der Waals surface area contributed by atoms with Crippen LogP contribution in [0.1, 0.15) is 17.4 Å². The van der Waals surface area contributed by atoms with Gasteiger partial charge in [-0.05, 0) is 31.2 Å². The maximum absolute atomic E-state index is 5.84. The monoisotopic (exact) mass is 236 g/mol. The zero-order valence-corrected chi connectivity index (χ0v) is 9.70. The van der Waals surface area contributed by atoms with E-state index in [9.17, 15) is 0 Å². The first-order valence-corrected chi connectivity index (χ1v) is 5.44. The highest BCUT2D eigenvalue weighted by Crippen LogP contribution is 2.16. The maximum Gasteiger partial charge on any atom is 0.141 e. The summed E-state index contributed by atoms with van der Waals surface area (Å²) in [5.74, 6) is 0.845. The molecule has 1 atom stereocenters. The third-order valence-corrected chi connectivity index (χ3v) is 2.72. The second kappa shape index (κ2) is 5.09. The van der Waals surface area contributed by atoms with Gasteiger partial charge in [-0.3, -0.25) is 5.10 Å². The smallest absolute Gasteiger partial charge is 0.141 e. The van der Waals surface area contributed by atoms with Crippen LogP contribution in [0.4, 0.5) is 0 Å². The number of halogens is 1. The molecule has 0 saturated carbocycles. The van der Waals surface area contributed by atoms with Gasteiger partial charge in [0.05, 0.1) is 6.04 Å². The highest BCUT2D eigenvalue weighted by molar-refractivity contribution is 6.30. The van der Waals surface area contributed by atoms with Gasteiger partial charge in [-0.2, -0.15) is 5.10 Å². The molecule has 1 unspecified atom stereocenters. The third kappa shape index (κ3) is 2.59. The summed E-state index contributed by atoms with van der Waals surface area (Å²) in [7, 11) is 1.91. The zero-order chi connectivity index (χ0) is 11.4. The van der Waals surface area contributed by atoms with Gasteiger partial charge in [0.15, 0.2) is 0 Å². The van der Waals surface area contributed by atoms with Crippen LogP contribution < -0.4 is 5.32 Å². The van der Waals surface area contributed by atoms with E-state index in [0.29, 0.717) is 0 Å². The lowest BCUT2D eigenvalue weighted by molar-refractivity contribution is 0.560. The molecule has 2 aromatic rings. The van der Waals surface area contributed by atoms with E-state index in [-0.39, 0.29) is 6.04 Å². The largest absolute Gasteiger partial charge is 0.310 e. The fourth-order valence-corrected chi connectivity index (χ4v) is 1.70. The van der Waals surface area contributed by atoms with Gasteiger partial charge >= 0.3 is 0 Å². The van der Waals surface area contributed by atoms with Gasteiger partial charge in [0.1, 0.15) is 12.2 Å². The molecule has 0 aliphatic heterocycles. The minimum atomic E-state index is 0.142. The Bertz CT molecular complexity index is 424. The summed E-state index contributed by atoms with van der Waals surface area (Å²) in [5, 5.41) is 10.7. The zero-order valence-electron chi connectivity index (χ0n) is 8.94. The van der Waals surface area contributed by atoms with Crippen LogP contribution in [0.25, 0.3) is 0 Å². The molecule has 0 fully saturated rings. The van der Waals surface area contributed by atoms with Gasteiger partial charge in [-0.1, -0.05) is 23.7 Å². The van der Waals surface area contributed by atoms with Crippen molar-refractivity contribution in [3.63, 3.8) is 0 Å². The number of hydrogen-bond donors (Lipinski definition) is 2. The molecule has 0 bridgehead atoms. The van der Waals surface area contributed by atoms with Crippen molar-refractivity contribution in [2.75, 3.05) is 7.05 Å². The Hall–Kier alpha value is -1.39. The third-order valence-electron chi connectivity index (χ3n) is 2.47. The molecule has 2 rings (SSSR count). The quantitative estimate of drug-likeness (QED) is 0.853. The Morgan fingerprint density at radius 3 is 2.69 bits per heavy atom. The van der Waals surface area contributed by atoms with Crippen molar-refractivity contribution in [3.05, 3.63) is 47.0 Å². The van der Waals surface area contributed by atoms with E-state index in [0.717, 1.165) is 17.3 Å². The number of nitrogens with one attached hydrogen (secondary N) is 2. The van der Waals surface area contributed by atoms with Crippen molar-refractivity contribution in [1.82, 2.24) is 20.5 Å². The van der Waals surface area contributed by atoms with Gasteiger partial charge < -0.3 is 5.32 Å². The van der Waals surface area contributed by atoms with Crippen LogP contribution in [0, 0.1) is 0 Å². The fourth-order valence-electron chi connectivity index (χ4n) is 1.57. The van der Waals surface area contributed by atoms with Gasteiger partial charge in [0.25, 0.3) is 0 Å². The van der Waals surface area contributed by atoms with Crippen molar-refractivity contribution in [2.45, 2.75) is 12.5 Å². The van der Waals surface area contributed by atoms with E-state index in [4.69, 9.17) is 11.6 Å². The molecule has 0 aliphatic rings. The van der Waals surface area contributed by atoms with Gasteiger partial charge in [-0.15, -0.1) is 0 Å². The van der Waals surface area contributed by atoms with Crippen LogP contribution in [0.3, 0.4) is 0 Å². The van der Waals surface area contributed by atoms with Gasteiger partial charge in [0, 0.05) is 5.02 Å². The Morgan fingerprint density at radius 1 is 1.38 bits per heavy atom. The Morgan fingerprint density at radius 2 is 2.12 bits per heavy atom. The van der Waals surface area contributed by atoms with Crippen molar-refractivity contribution >= 4 is 11.6 Å². The number of likely N-dealkylation sites (N-methyl/N-ethyl adjacent to an activating group) is 1. The lowest BCUT2D eigenvalue weighted by Gasteiger charge is -2.13. The summed E-state index contributed by atoms with van der Waals surface area (Å²) in [5.41, 5.74) is 1.21. The SMILES string of the molecule is CNC(Cc1ccc(Cl)cc1)c1ncn[nH]1. The highest BCUT2D eigenvalue weighted by atomic mass is 35.5. The molecule has 1 aromatic carbocycles. The van der Waals surface area contributed by atoms with Crippen LogP contribution in [-0.2, 0) is 6.42 Å². The van der Waals surface area contributed by atoms with Crippen molar-refractivity contribution in [1.29, 1.82) is 0 Å². The second-order valence-corrected chi connectivity index (χ2v) is 3.98. The maximum atomic E-state index is 5.84. The molecule has 0 aliphatic carbocycles. The van der Waals surface area contributed by atoms with E-state index in [1.54, 1.807) is 0 Å². The Labute approximate surface area is 99.1 Å². The lowest BCUT2D eigenvalue weighted by Crippen LogP contribution is -2.20. The molecule has 0 saturated heterocycles. The van der Waals surface area contributed by atoms with Gasteiger partial charge in [-0.25, -0.2) is 4.98 Å². The number of rotatable bonds is 4. The lowest BCUT2D eigenvalue weighted by atomic mass is 10.1. The fraction of sp³-hybridized carbons (Fsp3) is 0.273. The van der Waals surface area contributed by atoms with E-state index >= 15 is 0 Å². The molecule has 5 heteroatoms. The number of aromatic nitrogens is 3. The predicted molar refractivity (Wildman–Crippen MR) is 63.3 cm³/mol. The molecule has 0 spiro atoms. The Balaban J connectivity index is 2.10. The molecule has 1 heterocycles. The summed E-state index contributed by atoms with van der Waals surface area (Å²) in [6.07, 6.45) is 2.37. The molecule has 16 heavy (non-hydrogen) atoms. The van der Waals surface area contributed by atoms with Crippen LogP contribution in [0.5, 0.6) is 0 Å². The first-order valence-electron chi connectivity index (χ1n) is 5.06. The molecule has 1 aromatic heterocycles. The van der Waals surface area contributed by atoms with Crippen LogP contribution in [0.2, 0.25) is 5.02 Å². The highest BCUT2D eigenvalue weighted by Gasteiger charge is 2.12. The summed E-state index contributed by atoms with van der Waals surface area (Å²) < 4.78 is 0. The summed E-state index contributed by atoms with van der Waals surface area (Å²) in [6, 6.07) is 7.96. The van der Waals surface area contributed by atoms with Crippen LogP contribution in [0.15, 0.2) is 30.6 Å². The van der Waals surface area contributed by atoms with Crippen LogP contribution in [-0.4, -0.2) is 22.2 Å². The average molecular weight is 237 g/mol. The number of hydrogen-bond acceptors (Lipinski definition) is 3. The molecule has 4 nitrogen and oxygen atoms in total. The first kappa shape index (κ1) is 11.1. The van der Waals surface area contributed by atoms with E-state index < -0.39 is 0 Å². The van der Waals surface area contributed by atoms with Crippen molar-refractivity contribution in [3.8, 4) is 0 Å².